The molecule has 8 heteroatoms. The lowest BCUT2D eigenvalue weighted by atomic mass is 9.86. The SMILES string of the molecule is C=CC(C)COC(=O)OC(C)O/C(=C(/C#N)c1ccc(C(C)(C)C)cc1)c1c(Cl)c(C)nn1C. The number of rotatable bonds is 8. The molecule has 182 valence electrons. The van der Waals surface area contributed by atoms with E-state index in [1.807, 2.05) is 31.2 Å². The molecule has 0 spiro atoms. The van der Waals surface area contributed by atoms with E-state index in [-0.39, 0.29) is 29.3 Å². The predicted molar refractivity (Wildman–Crippen MR) is 133 cm³/mol. The van der Waals surface area contributed by atoms with E-state index < -0.39 is 12.4 Å². The average molecular weight is 486 g/mol. The van der Waals surface area contributed by atoms with Crippen molar-refractivity contribution in [3.8, 4) is 6.07 Å². The fourth-order valence-corrected chi connectivity index (χ4v) is 3.37. The van der Waals surface area contributed by atoms with Gasteiger partial charge in [-0.15, -0.1) is 6.58 Å². The van der Waals surface area contributed by atoms with Gasteiger partial charge in [0.15, 0.2) is 5.76 Å². The fraction of sp³-hybridized carbons (Fsp3) is 0.423. The van der Waals surface area contributed by atoms with Crippen LogP contribution in [0.25, 0.3) is 11.3 Å². The van der Waals surface area contributed by atoms with E-state index in [1.165, 1.54) is 11.6 Å². The number of nitriles is 1. The molecule has 0 radical (unpaired) electrons. The lowest BCUT2D eigenvalue weighted by Crippen LogP contribution is -2.21. The summed E-state index contributed by atoms with van der Waals surface area (Å²) in [6.07, 6.45) is -0.281. The molecule has 0 fully saturated rings. The van der Waals surface area contributed by atoms with Gasteiger partial charge < -0.3 is 14.2 Å². The summed E-state index contributed by atoms with van der Waals surface area (Å²) in [6, 6.07) is 9.87. The average Bonchev–Trinajstić information content (AvgIpc) is 3.02. The molecule has 0 saturated carbocycles. The summed E-state index contributed by atoms with van der Waals surface area (Å²) in [5.74, 6) is 0.135. The summed E-state index contributed by atoms with van der Waals surface area (Å²) in [6.45, 7) is 15.3. The molecule has 0 aliphatic heterocycles. The van der Waals surface area contributed by atoms with Crippen molar-refractivity contribution >= 4 is 29.1 Å². The Kier molecular flexibility index (Phi) is 8.94. The molecule has 0 amide bonds. The molecule has 1 aromatic heterocycles. The highest BCUT2D eigenvalue weighted by Gasteiger charge is 2.26. The van der Waals surface area contributed by atoms with Crippen molar-refractivity contribution in [1.82, 2.24) is 9.78 Å². The molecular weight excluding hydrogens is 454 g/mol. The lowest BCUT2D eigenvalue weighted by Gasteiger charge is -2.21. The zero-order valence-corrected chi connectivity index (χ0v) is 21.6. The number of benzene rings is 1. The largest absolute Gasteiger partial charge is 0.511 e. The highest BCUT2D eigenvalue weighted by atomic mass is 35.5. The number of aryl methyl sites for hydroxylation is 2. The minimum Gasteiger partial charge on any atom is -0.451 e. The maximum absolute atomic E-state index is 12.1. The van der Waals surface area contributed by atoms with Gasteiger partial charge in [-0.3, -0.25) is 4.68 Å². The van der Waals surface area contributed by atoms with Gasteiger partial charge in [0.25, 0.3) is 0 Å². The van der Waals surface area contributed by atoms with E-state index in [4.69, 9.17) is 25.8 Å². The summed E-state index contributed by atoms with van der Waals surface area (Å²) in [5, 5.41) is 14.8. The Morgan fingerprint density at radius 3 is 2.35 bits per heavy atom. The van der Waals surface area contributed by atoms with E-state index in [0.29, 0.717) is 22.0 Å². The van der Waals surface area contributed by atoms with Crippen LogP contribution in [-0.4, -0.2) is 28.8 Å². The molecule has 2 atom stereocenters. The molecule has 0 N–H and O–H groups in total. The topological polar surface area (TPSA) is 86.4 Å². The zero-order valence-electron chi connectivity index (χ0n) is 20.8. The number of aromatic nitrogens is 2. The molecule has 2 rings (SSSR count). The second-order valence-corrected chi connectivity index (χ2v) is 9.47. The van der Waals surface area contributed by atoms with Gasteiger partial charge in [-0.1, -0.05) is 69.6 Å². The third-order valence-corrected chi connectivity index (χ3v) is 5.61. The number of hydrogen-bond acceptors (Lipinski definition) is 6. The summed E-state index contributed by atoms with van der Waals surface area (Å²) >= 11 is 6.52. The first-order valence-electron chi connectivity index (χ1n) is 11.0. The normalized spacial score (nSPS) is 13.9. The Morgan fingerprint density at radius 1 is 1.26 bits per heavy atom. The molecule has 34 heavy (non-hydrogen) atoms. The van der Waals surface area contributed by atoms with Crippen molar-refractivity contribution in [2.45, 2.75) is 53.2 Å². The smallest absolute Gasteiger partial charge is 0.451 e. The molecule has 2 aromatic rings. The van der Waals surface area contributed by atoms with Crippen molar-refractivity contribution < 1.29 is 19.0 Å². The number of ether oxygens (including phenoxy) is 3. The monoisotopic (exact) mass is 485 g/mol. The van der Waals surface area contributed by atoms with E-state index in [2.05, 4.69) is 38.5 Å². The van der Waals surface area contributed by atoms with Gasteiger partial charge in [-0.25, -0.2) is 4.79 Å². The van der Waals surface area contributed by atoms with Gasteiger partial charge in [0.2, 0.25) is 6.29 Å². The van der Waals surface area contributed by atoms with Crippen LogP contribution in [0.2, 0.25) is 5.02 Å². The Morgan fingerprint density at radius 2 is 1.88 bits per heavy atom. The maximum atomic E-state index is 12.1. The highest BCUT2D eigenvalue weighted by Crippen LogP contribution is 2.35. The number of carbonyl (C=O) groups is 1. The van der Waals surface area contributed by atoms with E-state index in [1.54, 1.807) is 20.0 Å². The molecular formula is C26H32ClN3O4. The van der Waals surface area contributed by atoms with Gasteiger partial charge >= 0.3 is 6.16 Å². The first kappa shape index (κ1) is 27.0. The summed E-state index contributed by atoms with van der Waals surface area (Å²) in [5.41, 5.74) is 2.93. The fourth-order valence-electron chi connectivity index (χ4n) is 3.12. The molecule has 0 aliphatic rings. The first-order valence-corrected chi connectivity index (χ1v) is 11.3. The van der Waals surface area contributed by atoms with Gasteiger partial charge in [-0.05, 0) is 23.5 Å². The van der Waals surface area contributed by atoms with Crippen molar-refractivity contribution in [1.29, 1.82) is 5.26 Å². The van der Waals surface area contributed by atoms with Crippen LogP contribution in [0.4, 0.5) is 4.79 Å². The first-order chi connectivity index (χ1) is 15.9. The van der Waals surface area contributed by atoms with Crippen LogP contribution in [0.3, 0.4) is 0 Å². The third-order valence-electron chi connectivity index (χ3n) is 5.16. The quantitative estimate of drug-likeness (QED) is 0.141. The van der Waals surface area contributed by atoms with Crippen LogP contribution in [-0.2, 0) is 26.7 Å². The van der Waals surface area contributed by atoms with Gasteiger partial charge in [-0.2, -0.15) is 10.4 Å². The predicted octanol–water partition coefficient (Wildman–Crippen LogP) is 6.41. The van der Waals surface area contributed by atoms with Crippen molar-refractivity contribution in [2.75, 3.05) is 6.61 Å². The highest BCUT2D eigenvalue weighted by molar-refractivity contribution is 6.33. The Balaban J connectivity index is 2.47. The molecule has 7 nitrogen and oxygen atoms in total. The number of nitrogens with zero attached hydrogens (tertiary/aromatic N) is 3. The standard InChI is InChI=1S/C26H32ClN3O4/c1-9-16(2)15-32-25(31)34-18(4)33-24(23-22(27)17(3)29-30(23)8)21(14-28)19-10-12-20(13-11-19)26(5,6)7/h9-13,16,18H,1,15H2,2-8H3/b24-21-. The van der Waals surface area contributed by atoms with E-state index in [9.17, 15) is 10.1 Å². The summed E-state index contributed by atoms with van der Waals surface area (Å²) < 4.78 is 17.8. The number of hydrogen-bond donors (Lipinski definition) is 0. The molecule has 0 bridgehead atoms. The van der Waals surface area contributed by atoms with Crippen molar-refractivity contribution in [2.24, 2.45) is 13.0 Å². The summed E-state index contributed by atoms with van der Waals surface area (Å²) in [4.78, 5) is 12.1. The van der Waals surface area contributed by atoms with Gasteiger partial charge in [0, 0.05) is 19.9 Å². The number of carbonyl (C=O) groups excluding carboxylic acids is 1. The Hall–Kier alpha value is -3.24. The summed E-state index contributed by atoms with van der Waals surface area (Å²) in [7, 11) is 1.70. The number of halogens is 1. The van der Waals surface area contributed by atoms with Crippen molar-refractivity contribution in [3.63, 3.8) is 0 Å². The van der Waals surface area contributed by atoms with Gasteiger partial charge in [0.1, 0.15) is 23.9 Å². The molecule has 0 aliphatic carbocycles. The minimum absolute atomic E-state index is 0.0169. The second-order valence-electron chi connectivity index (χ2n) is 9.09. The lowest BCUT2D eigenvalue weighted by molar-refractivity contribution is -0.0684. The van der Waals surface area contributed by atoms with Crippen LogP contribution >= 0.6 is 11.6 Å². The van der Waals surface area contributed by atoms with Gasteiger partial charge in [0.05, 0.1) is 10.7 Å². The molecule has 2 unspecified atom stereocenters. The molecule has 1 aromatic carbocycles. The maximum Gasteiger partial charge on any atom is 0.511 e. The van der Waals surface area contributed by atoms with Crippen LogP contribution < -0.4 is 0 Å². The molecule has 1 heterocycles. The Bertz CT molecular complexity index is 1100. The Labute approximate surface area is 206 Å². The van der Waals surface area contributed by atoms with E-state index >= 15 is 0 Å². The third kappa shape index (κ3) is 6.64. The number of allylic oxidation sites excluding steroid dienone is 1. The van der Waals surface area contributed by atoms with Crippen LogP contribution in [0, 0.1) is 24.2 Å². The van der Waals surface area contributed by atoms with Crippen LogP contribution in [0.15, 0.2) is 36.9 Å². The second kappa shape index (κ2) is 11.3. The van der Waals surface area contributed by atoms with E-state index in [0.717, 1.165) is 5.56 Å². The molecule has 0 saturated heterocycles. The van der Waals surface area contributed by atoms with Crippen molar-refractivity contribution in [3.05, 3.63) is 64.5 Å². The minimum atomic E-state index is -1.06. The van der Waals surface area contributed by atoms with Crippen LogP contribution in [0.5, 0.6) is 0 Å². The zero-order chi connectivity index (χ0) is 25.6. The van der Waals surface area contributed by atoms with Crippen LogP contribution in [0.1, 0.15) is 57.1 Å².